The minimum atomic E-state index is -0.558. The number of thioether (sulfide) groups is 1. The van der Waals surface area contributed by atoms with E-state index >= 15 is 0 Å². The number of carbonyl (C=O) groups is 1. The van der Waals surface area contributed by atoms with Gasteiger partial charge in [0, 0.05) is 17.8 Å². The third-order valence-corrected chi connectivity index (χ3v) is 5.24. The number of primary amides is 1. The van der Waals surface area contributed by atoms with Crippen LogP contribution in [0.5, 0.6) is 0 Å². The maximum Gasteiger partial charge on any atom is 0.284 e. The van der Waals surface area contributed by atoms with Crippen LogP contribution < -0.4 is 16.4 Å². The van der Waals surface area contributed by atoms with Gasteiger partial charge in [0.15, 0.2) is 11.7 Å². The standard InChI is InChI=1S/C17H28N4O2S/c1-3-19-17(20-11-13-8-9-15(23-13)16(18)22)21-12-6-5-7-14(10-12)24-4-2/h8-9,12,14H,3-7,10-11H2,1-2H3,(H2,18,22)(H2,19,20,21). The zero-order valence-corrected chi connectivity index (χ0v) is 15.3. The molecule has 0 radical (unpaired) electrons. The molecular formula is C17H28N4O2S. The third-order valence-electron chi connectivity index (χ3n) is 4.01. The number of amides is 1. The fourth-order valence-corrected chi connectivity index (χ4v) is 4.10. The fraction of sp³-hybridized carbons (Fsp3) is 0.647. The van der Waals surface area contributed by atoms with Gasteiger partial charge >= 0.3 is 0 Å². The number of nitrogens with zero attached hydrogens (tertiary/aromatic N) is 1. The van der Waals surface area contributed by atoms with Crippen molar-refractivity contribution >= 4 is 23.6 Å². The van der Waals surface area contributed by atoms with E-state index in [-0.39, 0.29) is 5.76 Å². The molecule has 1 saturated carbocycles. The molecule has 0 spiro atoms. The van der Waals surface area contributed by atoms with Gasteiger partial charge in [-0.25, -0.2) is 4.99 Å². The highest BCUT2D eigenvalue weighted by atomic mass is 32.2. The lowest BCUT2D eigenvalue weighted by Crippen LogP contribution is -2.45. The van der Waals surface area contributed by atoms with Crippen molar-refractivity contribution in [2.45, 2.75) is 57.4 Å². The van der Waals surface area contributed by atoms with Gasteiger partial charge in [-0.2, -0.15) is 11.8 Å². The van der Waals surface area contributed by atoms with Crippen molar-refractivity contribution in [3.63, 3.8) is 0 Å². The summed E-state index contributed by atoms with van der Waals surface area (Å²) in [5.74, 6) is 2.21. The molecule has 1 aromatic rings. The van der Waals surface area contributed by atoms with E-state index in [0.717, 1.165) is 17.8 Å². The van der Waals surface area contributed by atoms with Crippen LogP contribution in [0, 0.1) is 0 Å². The number of hydrogen-bond acceptors (Lipinski definition) is 4. The smallest absolute Gasteiger partial charge is 0.284 e. The Morgan fingerprint density at radius 1 is 1.42 bits per heavy atom. The molecule has 0 aromatic carbocycles. The molecule has 1 heterocycles. The van der Waals surface area contributed by atoms with Crippen LogP contribution in [-0.4, -0.2) is 35.5 Å². The first-order valence-corrected chi connectivity index (χ1v) is 9.72. The quantitative estimate of drug-likeness (QED) is 0.518. The molecule has 0 aliphatic heterocycles. The third kappa shape index (κ3) is 5.78. The molecule has 4 N–H and O–H groups in total. The number of nitrogens with two attached hydrogens (primary N) is 1. The summed E-state index contributed by atoms with van der Waals surface area (Å²) in [4.78, 5) is 15.6. The Labute approximate surface area is 148 Å². The van der Waals surface area contributed by atoms with Gasteiger partial charge in [0.05, 0.1) is 0 Å². The van der Waals surface area contributed by atoms with E-state index in [1.807, 2.05) is 6.92 Å². The molecule has 2 unspecified atom stereocenters. The molecular weight excluding hydrogens is 324 g/mol. The normalized spacial score (nSPS) is 21.5. The number of rotatable bonds is 7. The minimum absolute atomic E-state index is 0.171. The molecule has 1 fully saturated rings. The van der Waals surface area contributed by atoms with Gasteiger partial charge in [0.25, 0.3) is 5.91 Å². The zero-order chi connectivity index (χ0) is 17.4. The lowest BCUT2D eigenvalue weighted by molar-refractivity contribution is 0.0972. The van der Waals surface area contributed by atoms with E-state index in [2.05, 4.69) is 34.3 Å². The SMILES string of the molecule is CCNC(=NCc1ccc(C(N)=O)o1)NC1CCCC(SCC)C1. The Morgan fingerprint density at radius 3 is 2.92 bits per heavy atom. The summed E-state index contributed by atoms with van der Waals surface area (Å²) in [7, 11) is 0. The Kier molecular flexibility index (Phi) is 7.49. The second-order valence-corrected chi connectivity index (χ2v) is 7.49. The highest BCUT2D eigenvalue weighted by molar-refractivity contribution is 7.99. The van der Waals surface area contributed by atoms with Crippen molar-refractivity contribution in [2.24, 2.45) is 10.7 Å². The summed E-state index contributed by atoms with van der Waals surface area (Å²) in [6, 6.07) is 3.78. The highest BCUT2D eigenvalue weighted by Gasteiger charge is 2.22. The summed E-state index contributed by atoms with van der Waals surface area (Å²) in [5.41, 5.74) is 5.20. The molecule has 1 aliphatic carbocycles. The first-order chi connectivity index (χ1) is 11.6. The van der Waals surface area contributed by atoms with Crippen molar-refractivity contribution in [1.82, 2.24) is 10.6 Å². The average Bonchev–Trinajstić information content (AvgIpc) is 3.03. The van der Waals surface area contributed by atoms with E-state index in [9.17, 15) is 4.79 Å². The van der Waals surface area contributed by atoms with E-state index in [1.165, 1.54) is 31.4 Å². The Bertz CT molecular complexity index is 557. The second-order valence-electron chi connectivity index (χ2n) is 5.91. The van der Waals surface area contributed by atoms with Crippen molar-refractivity contribution in [3.8, 4) is 0 Å². The lowest BCUT2D eigenvalue weighted by Gasteiger charge is -2.30. The van der Waals surface area contributed by atoms with Gasteiger partial charge in [-0.1, -0.05) is 13.3 Å². The molecule has 1 aliphatic rings. The van der Waals surface area contributed by atoms with Crippen molar-refractivity contribution < 1.29 is 9.21 Å². The molecule has 1 aromatic heterocycles. The minimum Gasteiger partial charge on any atom is -0.454 e. The topological polar surface area (TPSA) is 92.6 Å². The number of carbonyl (C=O) groups excluding carboxylic acids is 1. The molecule has 134 valence electrons. The molecule has 7 heteroatoms. The van der Waals surface area contributed by atoms with Gasteiger partial charge in [-0.15, -0.1) is 0 Å². The zero-order valence-electron chi connectivity index (χ0n) is 14.5. The Balaban J connectivity index is 1.93. The summed E-state index contributed by atoms with van der Waals surface area (Å²) in [6.45, 7) is 5.45. The fourth-order valence-electron chi connectivity index (χ4n) is 2.93. The van der Waals surface area contributed by atoms with Gasteiger partial charge in [-0.3, -0.25) is 4.79 Å². The van der Waals surface area contributed by atoms with Gasteiger partial charge in [0.1, 0.15) is 12.3 Å². The Morgan fingerprint density at radius 2 is 2.25 bits per heavy atom. The summed E-state index contributed by atoms with van der Waals surface area (Å²) < 4.78 is 5.37. The van der Waals surface area contributed by atoms with E-state index in [4.69, 9.17) is 10.2 Å². The van der Waals surface area contributed by atoms with Crippen molar-refractivity contribution in [1.29, 1.82) is 0 Å². The predicted octanol–water partition coefficient (Wildman–Crippen LogP) is 2.50. The number of guanidine groups is 1. The van der Waals surface area contributed by atoms with Gasteiger partial charge < -0.3 is 20.8 Å². The van der Waals surface area contributed by atoms with Crippen LogP contribution in [-0.2, 0) is 6.54 Å². The van der Waals surface area contributed by atoms with E-state index < -0.39 is 5.91 Å². The number of hydrogen-bond donors (Lipinski definition) is 3. The van der Waals surface area contributed by atoms with Crippen LogP contribution in [0.2, 0.25) is 0 Å². The van der Waals surface area contributed by atoms with Crippen LogP contribution in [0.3, 0.4) is 0 Å². The number of furan rings is 1. The van der Waals surface area contributed by atoms with E-state index in [0.29, 0.717) is 18.3 Å². The molecule has 1 amide bonds. The van der Waals surface area contributed by atoms with Crippen LogP contribution in [0.1, 0.15) is 55.8 Å². The van der Waals surface area contributed by atoms with Crippen LogP contribution >= 0.6 is 11.8 Å². The largest absolute Gasteiger partial charge is 0.454 e. The maximum atomic E-state index is 11.1. The average molecular weight is 353 g/mol. The van der Waals surface area contributed by atoms with Crippen LogP contribution in [0.15, 0.2) is 21.5 Å². The molecule has 0 bridgehead atoms. The molecule has 2 atom stereocenters. The predicted molar refractivity (Wildman–Crippen MR) is 99.4 cm³/mol. The lowest BCUT2D eigenvalue weighted by atomic mass is 9.95. The summed E-state index contributed by atoms with van der Waals surface area (Å²) in [6.07, 6.45) is 4.93. The van der Waals surface area contributed by atoms with Crippen LogP contribution in [0.4, 0.5) is 0 Å². The van der Waals surface area contributed by atoms with Gasteiger partial charge in [0.2, 0.25) is 0 Å². The monoisotopic (exact) mass is 352 g/mol. The second kappa shape index (κ2) is 9.61. The van der Waals surface area contributed by atoms with E-state index in [1.54, 1.807) is 12.1 Å². The summed E-state index contributed by atoms with van der Waals surface area (Å²) >= 11 is 2.05. The van der Waals surface area contributed by atoms with Crippen molar-refractivity contribution in [2.75, 3.05) is 12.3 Å². The molecule has 2 rings (SSSR count). The van der Waals surface area contributed by atoms with Gasteiger partial charge in [-0.05, 0) is 44.1 Å². The first kappa shape index (κ1) is 18.7. The number of aliphatic imine (C=N–C) groups is 1. The number of nitrogens with one attached hydrogen (secondary N) is 2. The molecule has 24 heavy (non-hydrogen) atoms. The van der Waals surface area contributed by atoms with Crippen molar-refractivity contribution in [3.05, 3.63) is 23.7 Å². The first-order valence-electron chi connectivity index (χ1n) is 8.67. The summed E-state index contributed by atoms with van der Waals surface area (Å²) in [5, 5.41) is 7.56. The highest BCUT2D eigenvalue weighted by Crippen LogP contribution is 2.28. The Hall–Kier alpha value is -1.63. The molecule has 0 saturated heterocycles. The van der Waals surface area contributed by atoms with Crippen LogP contribution in [0.25, 0.3) is 0 Å². The molecule has 6 nitrogen and oxygen atoms in total. The maximum absolute atomic E-state index is 11.1.